The molecule has 10 nitrogen and oxygen atoms in total. The Labute approximate surface area is 284 Å². The van der Waals surface area contributed by atoms with E-state index in [2.05, 4.69) is 10.6 Å². The molecule has 2 N–H and O–H groups in total. The summed E-state index contributed by atoms with van der Waals surface area (Å²) in [4.78, 5) is 56.3. The maximum atomic E-state index is 14.3. The maximum absolute atomic E-state index is 14.3. The molecule has 1 fully saturated rings. The second-order valence-corrected chi connectivity index (χ2v) is 11.7. The van der Waals surface area contributed by atoms with E-state index in [1.165, 1.54) is 11.9 Å². The van der Waals surface area contributed by atoms with E-state index >= 15 is 0 Å². The molecular formula is C37H44N4O6. The third kappa shape index (κ3) is 7.33. The monoisotopic (exact) mass is 646 g/mol. The van der Waals surface area contributed by atoms with Crippen LogP contribution in [0.2, 0.25) is 0 Å². The molecule has 2 heterocycles. The van der Waals surface area contributed by atoms with Gasteiger partial charge in [-0.1, -0.05) is 37.0 Å². The Kier molecular flexibility index (Phi) is 8.31. The van der Waals surface area contributed by atoms with Crippen LogP contribution >= 0.6 is 0 Å². The normalized spacial score (nSPS) is 19.0. The third-order valence-corrected chi connectivity index (χ3v) is 8.16. The largest absolute Gasteiger partial charge is 0.456 e. The second kappa shape index (κ2) is 14.8. The number of amides is 3. The fourth-order valence-electron chi connectivity index (χ4n) is 5.72. The standard InChI is InChI=1S/C37H44N4O6/c1-6-38-29-21-31-27(19-23(29)3)36(28-20-24(4)30(39-7-2)22-32(28)46-31)25-13-10-11-14-26(25)37(45)40(5)18-12-8-9-15-35(44)47-41-33(42)16-17-34(41)43/h10-11,13-14,19-22,29,38-39H,6-9,12,15-18H2,1-5H3/i10D,11D,13D,14D,21D,22D. The SMILES string of the molecule is [2H]C1=C2Oc3c(cc(C)c(NCC)c3[2H])C(c3c([2H])c([2H])c([2H])c([2H])c3C(=O)N(C)CCCCCC(=O)ON3C(=O)CCC3=O)=C2C=C(C)C1NCC. The summed E-state index contributed by atoms with van der Waals surface area (Å²) in [5.74, 6) is -2.27. The van der Waals surface area contributed by atoms with Crippen molar-refractivity contribution in [2.75, 3.05) is 32.0 Å². The number of carbonyl (C=O) groups excluding carboxylic acids is 4. The molecule has 2 aromatic carbocycles. The van der Waals surface area contributed by atoms with Gasteiger partial charge in [0.25, 0.3) is 17.7 Å². The number of benzene rings is 2. The Hall–Kier alpha value is -4.70. The minimum absolute atomic E-state index is 0.000296. The van der Waals surface area contributed by atoms with Gasteiger partial charge in [0.15, 0.2) is 0 Å². The van der Waals surface area contributed by atoms with Crippen LogP contribution in [0.15, 0.2) is 65.3 Å². The van der Waals surface area contributed by atoms with E-state index in [9.17, 15) is 21.9 Å². The van der Waals surface area contributed by atoms with Crippen molar-refractivity contribution in [3.63, 3.8) is 0 Å². The molecule has 248 valence electrons. The number of allylic oxidation sites excluding steroid dienone is 1. The van der Waals surface area contributed by atoms with Crippen molar-refractivity contribution in [3.8, 4) is 5.75 Å². The highest BCUT2D eigenvalue weighted by Crippen LogP contribution is 2.46. The summed E-state index contributed by atoms with van der Waals surface area (Å²) in [6.07, 6.45) is 3.01. The van der Waals surface area contributed by atoms with Gasteiger partial charge in [-0.05, 0) is 75.5 Å². The van der Waals surface area contributed by atoms with Gasteiger partial charge in [-0.25, -0.2) is 4.79 Å². The Morgan fingerprint density at radius 1 is 1.06 bits per heavy atom. The number of nitrogens with zero attached hydrogens (tertiary/aromatic N) is 2. The Bertz CT molecular complexity index is 1980. The fraction of sp³-hybridized carbons (Fsp3) is 0.405. The first-order valence-corrected chi connectivity index (χ1v) is 16.0. The number of hydroxylamine groups is 2. The molecular weight excluding hydrogens is 596 g/mol. The van der Waals surface area contributed by atoms with Crippen molar-refractivity contribution in [2.24, 2.45) is 0 Å². The second-order valence-electron chi connectivity index (χ2n) is 11.7. The number of likely N-dealkylation sites (N-methyl/N-ethyl adjacent to an activating group) is 1. The zero-order chi connectivity index (χ0) is 38.9. The number of hydrogen-bond acceptors (Lipinski definition) is 8. The zero-order valence-electron chi connectivity index (χ0n) is 33.4. The lowest BCUT2D eigenvalue weighted by molar-refractivity contribution is -0.197. The number of rotatable bonds is 13. The summed E-state index contributed by atoms with van der Waals surface area (Å²) in [7, 11) is 1.52. The molecule has 3 amide bonds. The molecule has 0 aromatic heterocycles. The van der Waals surface area contributed by atoms with Crippen LogP contribution < -0.4 is 15.4 Å². The first-order chi connectivity index (χ1) is 25.1. The highest BCUT2D eigenvalue weighted by Gasteiger charge is 2.33. The van der Waals surface area contributed by atoms with E-state index < -0.39 is 53.9 Å². The minimum Gasteiger partial charge on any atom is -0.456 e. The molecule has 3 aliphatic rings. The molecule has 2 aliphatic heterocycles. The van der Waals surface area contributed by atoms with Gasteiger partial charge in [-0.3, -0.25) is 14.4 Å². The van der Waals surface area contributed by atoms with Gasteiger partial charge in [0, 0.05) is 73.4 Å². The predicted molar refractivity (Wildman–Crippen MR) is 180 cm³/mol. The maximum Gasteiger partial charge on any atom is 0.333 e. The number of aryl methyl sites for hydroxylation is 1. The average Bonchev–Trinajstić information content (AvgIpc) is 3.43. The van der Waals surface area contributed by atoms with E-state index in [4.69, 9.17) is 15.1 Å². The minimum atomic E-state index is -0.717. The summed E-state index contributed by atoms with van der Waals surface area (Å²) >= 11 is 0. The van der Waals surface area contributed by atoms with Crippen molar-refractivity contribution in [1.82, 2.24) is 15.3 Å². The van der Waals surface area contributed by atoms with Crippen LogP contribution in [0.5, 0.6) is 5.75 Å². The van der Waals surface area contributed by atoms with Gasteiger partial charge in [0.1, 0.15) is 11.5 Å². The van der Waals surface area contributed by atoms with Crippen molar-refractivity contribution in [3.05, 3.63) is 87.6 Å². The molecule has 10 heteroatoms. The van der Waals surface area contributed by atoms with Gasteiger partial charge in [-0.15, -0.1) is 5.06 Å². The summed E-state index contributed by atoms with van der Waals surface area (Å²) in [5, 5.41) is 6.97. The lowest BCUT2D eigenvalue weighted by Crippen LogP contribution is -2.32. The average molecular weight is 647 g/mol. The molecule has 47 heavy (non-hydrogen) atoms. The van der Waals surface area contributed by atoms with Gasteiger partial charge < -0.3 is 25.1 Å². The van der Waals surface area contributed by atoms with Gasteiger partial charge in [0.05, 0.1) is 14.3 Å². The molecule has 0 radical (unpaired) electrons. The van der Waals surface area contributed by atoms with E-state index in [-0.39, 0.29) is 66.1 Å². The van der Waals surface area contributed by atoms with E-state index in [1.807, 2.05) is 27.7 Å². The van der Waals surface area contributed by atoms with Gasteiger partial charge in [0.2, 0.25) is 0 Å². The van der Waals surface area contributed by atoms with Crippen LogP contribution in [0.3, 0.4) is 0 Å². The van der Waals surface area contributed by atoms with Crippen LogP contribution in [0, 0.1) is 6.92 Å². The molecule has 1 unspecified atom stereocenters. The predicted octanol–water partition coefficient (Wildman–Crippen LogP) is 5.68. The lowest BCUT2D eigenvalue weighted by Gasteiger charge is -2.32. The van der Waals surface area contributed by atoms with Crippen LogP contribution in [0.1, 0.15) is 94.6 Å². The molecule has 0 spiro atoms. The van der Waals surface area contributed by atoms with E-state index in [0.29, 0.717) is 59.8 Å². The Balaban J connectivity index is 1.54. The number of anilines is 1. The number of nitrogens with one attached hydrogen (secondary N) is 2. The molecule has 1 saturated heterocycles. The third-order valence-electron chi connectivity index (χ3n) is 8.16. The molecule has 1 aliphatic carbocycles. The number of imide groups is 1. The first-order valence-electron chi connectivity index (χ1n) is 19.0. The summed E-state index contributed by atoms with van der Waals surface area (Å²) < 4.78 is 60.0. The van der Waals surface area contributed by atoms with E-state index in [0.717, 1.165) is 5.57 Å². The smallest absolute Gasteiger partial charge is 0.333 e. The zero-order valence-corrected chi connectivity index (χ0v) is 27.4. The topological polar surface area (TPSA) is 117 Å². The van der Waals surface area contributed by atoms with Crippen LogP contribution in [-0.2, 0) is 19.2 Å². The van der Waals surface area contributed by atoms with Crippen molar-refractivity contribution >= 4 is 35.0 Å². The fourth-order valence-corrected chi connectivity index (χ4v) is 5.72. The van der Waals surface area contributed by atoms with Crippen molar-refractivity contribution in [1.29, 1.82) is 0 Å². The molecule has 1 atom stereocenters. The van der Waals surface area contributed by atoms with Crippen molar-refractivity contribution < 1.29 is 37.0 Å². The lowest BCUT2D eigenvalue weighted by atomic mass is 9.83. The number of fused-ring (bicyclic) bond motifs is 2. The van der Waals surface area contributed by atoms with Crippen molar-refractivity contribution in [2.45, 2.75) is 72.3 Å². The highest BCUT2D eigenvalue weighted by molar-refractivity contribution is 6.04. The number of carbonyl (C=O) groups is 4. The summed E-state index contributed by atoms with van der Waals surface area (Å²) in [6.45, 7) is 8.73. The molecule has 5 rings (SSSR count). The highest BCUT2D eigenvalue weighted by atomic mass is 16.7. The van der Waals surface area contributed by atoms with E-state index in [1.54, 1.807) is 12.1 Å². The number of unbranched alkanes of at least 4 members (excludes halogenated alkanes) is 2. The molecule has 0 saturated carbocycles. The van der Waals surface area contributed by atoms with Crippen LogP contribution in [-0.4, -0.2) is 66.4 Å². The Morgan fingerprint density at radius 2 is 1.81 bits per heavy atom. The van der Waals surface area contributed by atoms with Gasteiger partial charge in [-0.2, -0.15) is 0 Å². The van der Waals surface area contributed by atoms with Crippen LogP contribution in [0.25, 0.3) is 5.57 Å². The first kappa shape index (κ1) is 26.4. The molecule has 0 bridgehead atoms. The molecule has 2 aromatic rings. The number of hydrogen-bond donors (Lipinski definition) is 2. The quantitative estimate of drug-likeness (QED) is 0.211. The Morgan fingerprint density at radius 3 is 2.53 bits per heavy atom. The summed E-state index contributed by atoms with van der Waals surface area (Å²) in [6, 6.07) is -0.731. The number of ether oxygens (including phenoxy) is 1. The van der Waals surface area contributed by atoms with Crippen LogP contribution in [0.4, 0.5) is 5.69 Å². The summed E-state index contributed by atoms with van der Waals surface area (Å²) in [5.41, 5.74) is 2.64. The van der Waals surface area contributed by atoms with Gasteiger partial charge >= 0.3 is 5.97 Å².